The molecular weight excluding hydrogens is 244 g/mol. The number of carbonyl (C=O) groups is 2. The smallest absolute Gasteiger partial charge is 0.317 e. The fourth-order valence-electron chi connectivity index (χ4n) is 3.02. The van der Waals surface area contributed by atoms with Crippen molar-refractivity contribution in [2.24, 2.45) is 5.92 Å². The fourth-order valence-corrected chi connectivity index (χ4v) is 3.02. The average Bonchev–Trinajstić information content (AvgIpc) is 2.46. The lowest BCUT2D eigenvalue weighted by Gasteiger charge is -2.33. The molecule has 0 aromatic carbocycles. The molecule has 0 aromatic heterocycles. The van der Waals surface area contributed by atoms with Gasteiger partial charge in [-0.1, -0.05) is 12.8 Å². The van der Waals surface area contributed by atoms with Crippen LogP contribution < -0.4 is 5.32 Å². The summed E-state index contributed by atoms with van der Waals surface area (Å²) in [6.07, 6.45) is 7.03. The molecule has 2 aliphatic rings. The Morgan fingerprint density at radius 3 is 2.84 bits per heavy atom. The van der Waals surface area contributed by atoms with Crippen LogP contribution in [0.15, 0.2) is 0 Å². The molecule has 108 valence electrons. The molecule has 1 aliphatic carbocycles. The van der Waals surface area contributed by atoms with E-state index in [4.69, 9.17) is 4.74 Å². The molecule has 2 amide bonds. The van der Waals surface area contributed by atoms with Crippen molar-refractivity contribution in [3.05, 3.63) is 0 Å². The molecule has 1 N–H and O–H groups in total. The first kappa shape index (κ1) is 14.3. The van der Waals surface area contributed by atoms with Gasteiger partial charge in [0.15, 0.2) is 0 Å². The van der Waals surface area contributed by atoms with Crippen molar-refractivity contribution in [2.75, 3.05) is 26.3 Å². The van der Waals surface area contributed by atoms with Gasteiger partial charge in [-0.3, -0.25) is 0 Å². The predicted molar refractivity (Wildman–Crippen MR) is 72.0 cm³/mol. The van der Waals surface area contributed by atoms with Gasteiger partial charge < -0.3 is 19.7 Å². The average molecular weight is 268 g/mol. The van der Waals surface area contributed by atoms with Crippen LogP contribution in [0.4, 0.5) is 4.79 Å². The molecule has 1 aliphatic heterocycles. The summed E-state index contributed by atoms with van der Waals surface area (Å²) in [5.74, 6) is 0.592. The molecule has 0 unspecified atom stereocenters. The summed E-state index contributed by atoms with van der Waals surface area (Å²) < 4.78 is 5.25. The quantitative estimate of drug-likeness (QED) is 0.787. The maximum atomic E-state index is 12.1. The summed E-state index contributed by atoms with van der Waals surface area (Å²) in [5.41, 5.74) is 0. The highest BCUT2D eigenvalue weighted by Gasteiger charge is 2.25. The van der Waals surface area contributed by atoms with E-state index in [-0.39, 0.29) is 12.1 Å². The number of urea groups is 1. The molecule has 5 heteroatoms. The summed E-state index contributed by atoms with van der Waals surface area (Å²) >= 11 is 0. The highest BCUT2D eigenvalue weighted by molar-refractivity contribution is 5.74. The van der Waals surface area contributed by atoms with E-state index >= 15 is 0 Å². The van der Waals surface area contributed by atoms with Crippen molar-refractivity contribution < 1.29 is 14.3 Å². The maximum absolute atomic E-state index is 12.1. The Morgan fingerprint density at radius 2 is 2.11 bits per heavy atom. The van der Waals surface area contributed by atoms with Gasteiger partial charge in [0.2, 0.25) is 0 Å². The Labute approximate surface area is 114 Å². The van der Waals surface area contributed by atoms with Crippen molar-refractivity contribution in [1.29, 1.82) is 0 Å². The standard InChI is InChI=1S/C14H24N2O3/c17-8-2-4-12-3-1-5-13(11-12)15-14(18)16-6-9-19-10-7-16/h8,12-13H,1-7,9-11H2,(H,15,18)/t12-,13-/m1/s1. The van der Waals surface area contributed by atoms with Crippen molar-refractivity contribution >= 4 is 12.3 Å². The second-order valence-corrected chi connectivity index (χ2v) is 5.52. The molecule has 1 saturated carbocycles. The summed E-state index contributed by atoms with van der Waals surface area (Å²) in [5, 5.41) is 3.14. The lowest BCUT2D eigenvalue weighted by molar-refractivity contribution is -0.108. The molecule has 2 fully saturated rings. The van der Waals surface area contributed by atoms with Crippen molar-refractivity contribution in [3.8, 4) is 0 Å². The van der Waals surface area contributed by atoms with Gasteiger partial charge in [0.05, 0.1) is 13.2 Å². The third-order valence-electron chi connectivity index (χ3n) is 4.10. The number of ether oxygens (including phenoxy) is 1. The number of nitrogens with one attached hydrogen (secondary N) is 1. The largest absolute Gasteiger partial charge is 0.378 e. The number of nitrogens with zero attached hydrogens (tertiary/aromatic N) is 1. The van der Waals surface area contributed by atoms with Crippen LogP contribution >= 0.6 is 0 Å². The molecule has 19 heavy (non-hydrogen) atoms. The number of amides is 2. The highest BCUT2D eigenvalue weighted by Crippen LogP contribution is 2.27. The highest BCUT2D eigenvalue weighted by atomic mass is 16.5. The Morgan fingerprint density at radius 1 is 1.32 bits per heavy atom. The predicted octanol–water partition coefficient (Wildman–Crippen LogP) is 1.57. The van der Waals surface area contributed by atoms with E-state index < -0.39 is 0 Å². The van der Waals surface area contributed by atoms with E-state index in [0.717, 1.165) is 32.0 Å². The summed E-state index contributed by atoms with van der Waals surface area (Å²) in [4.78, 5) is 24.3. The van der Waals surface area contributed by atoms with Crippen LogP contribution in [0.3, 0.4) is 0 Å². The number of rotatable bonds is 4. The minimum atomic E-state index is 0.0457. The second kappa shape index (κ2) is 7.48. The first-order valence-electron chi connectivity index (χ1n) is 7.36. The Balaban J connectivity index is 1.74. The van der Waals surface area contributed by atoms with E-state index in [2.05, 4.69) is 5.32 Å². The minimum Gasteiger partial charge on any atom is -0.378 e. The fraction of sp³-hybridized carbons (Fsp3) is 0.857. The van der Waals surface area contributed by atoms with Gasteiger partial charge >= 0.3 is 6.03 Å². The van der Waals surface area contributed by atoms with Gasteiger partial charge in [-0.05, 0) is 25.2 Å². The summed E-state index contributed by atoms with van der Waals surface area (Å²) in [6.45, 7) is 2.65. The molecule has 0 radical (unpaired) electrons. The molecule has 0 aromatic rings. The van der Waals surface area contributed by atoms with Gasteiger partial charge in [0, 0.05) is 25.6 Å². The lowest BCUT2D eigenvalue weighted by atomic mass is 9.83. The van der Waals surface area contributed by atoms with Crippen LogP contribution in [-0.2, 0) is 9.53 Å². The third-order valence-corrected chi connectivity index (χ3v) is 4.10. The zero-order valence-corrected chi connectivity index (χ0v) is 11.5. The Bertz CT molecular complexity index is 303. The first-order valence-corrected chi connectivity index (χ1v) is 7.36. The van der Waals surface area contributed by atoms with Gasteiger partial charge in [-0.15, -0.1) is 0 Å². The number of hydrogen-bond donors (Lipinski definition) is 1. The minimum absolute atomic E-state index is 0.0457. The normalized spacial score (nSPS) is 27.9. The summed E-state index contributed by atoms with van der Waals surface area (Å²) in [7, 11) is 0. The topological polar surface area (TPSA) is 58.6 Å². The molecule has 1 heterocycles. The monoisotopic (exact) mass is 268 g/mol. The third kappa shape index (κ3) is 4.49. The van der Waals surface area contributed by atoms with Crippen LogP contribution in [0.25, 0.3) is 0 Å². The van der Waals surface area contributed by atoms with Gasteiger partial charge in [0.25, 0.3) is 0 Å². The second-order valence-electron chi connectivity index (χ2n) is 5.52. The van der Waals surface area contributed by atoms with Gasteiger partial charge in [-0.25, -0.2) is 4.79 Å². The van der Waals surface area contributed by atoms with Gasteiger partial charge in [-0.2, -0.15) is 0 Å². The van der Waals surface area contributed by atoms with E-state index in [1.54, 1.807) is 0 Å². The van der Waals surface area contributed by atoms with Gasteiger partial charge in [0.1, 0.15) is 6.29 Å². The van der Waals surface area contributed by atoms with Crippen molar-refractivity contribution in [3.63, 3.8) is 0 Å². The van der Waals surface area contributed by atoms with Crippen LogP contribution in [0.1, 0.15) is 38.5 Å². The number of carbonyl (C=O) groups excluding carboxylic acids is 2. The maximum Gasteiger partial charge on any atom is 0.317 e. The van der Waals surface area contributed by atoms with E-state index in [1.807, 2.05) is 4.90 Å². The molecular formula is C14H24N2O3. The first-order chi connectivity index (χ1) is 9.29. The van der Waals surface area contributed by atoms with E-state index in [9.17, 15) is 9.59 Å². The SMILES string of the molecule is O=CCC[C@H]1CCC[C@@H](NC(=O)N2CCOCC2)C1. The lowest BCUT2D eigenvalue weighted by Crippen LogP contribution is -2.50. The Kier molecular flexibility index (Phi) is 5.63. The van der Waals surface area contributed by atoms with Crippen LogP contribution in [0.2, 0.25) is 0 Å². The molecule has 1 saturated heterocycles. The molecule has 0 spiro atoms. The van der Waals surface area contributed by atoms with Crippen LogP contribution in [-0.4, -0.2) is 49.6 Å². The number of aldehydes is 1. The number of morpholine rings is 1. The summed E-state index contributed by atoms with van der Waals surface area (Å²) in [6, 6.07) is 0.324. The van der Waals surface area contributed by atoms with E-state index in [0.29, 0.717) is 38.6 Å². The zero-order valence-electron chi connectivity index (χ0n) is 11.5. The van der Waals surface area contributed by atoms with Crippen molar-refractivity contribution in [1.82, 2.24) is 10.2 Å². The van der Waals surface area contributed by atoms with Crippen molar-refractivity contribution in [2.45, 2.75) is 44.6 Å². The molecule has 2 atom stereocenters. The van der Waals surface area contributed by atoms with Crippen LogP contribution in [0, 0.1) is 5.92 Å². The molecule has 5 nitrogen and oxygen atoms in total. The van der Waals surface area contributed by atoms with E-state index in [1.165, 1.54) is 6.42 Å². The van der Waals surface area contributed by atoms with Crippen LogP contribution in [0.5, 0.6) is 0 Å². The number of hydrogen-bond acceptors (Lipinski definition) is 3. The molecule has 0 bridgehead atoms. The zero-order chi connectivity index (χ0) is 13.5. The Hall–Kier alpha value is -1.10. The molecule has 2 rings (SSSR count).